The summed E-state index contributed by atoms with van der Waals surface area (Å²) >= 11 is 1.31. The van der Waals surface area contributed by atoms with Crippen molar-refractivity contribution in [2.75, 3.05) is 70.0 Å². The SMILES string of the molecule is CP(C)(=O)c1ccc(NCC#Cc2sc3c(NC4CCC(N5CC6(CCOCC6)C5)CC4)cccc3c2CC(F)(F)F)c(OCCO)c1. The van der Waals surface area contributed by atoms with Crippen LogP contribution >= 0.6 is 18.5 Å². The minimum Gasteiger partial charge on any atom is -0.489 e. The Morgan fingerprint density at radius 2 is 1.85 bits per heavy atom. The lowest BCUT2D eigenvalue weighted by Crippen LogP contribution is -2.62. The number of ether oxygens (including phenoxy) is 2. The van der Waals surface area contributed by atoms with E-state index in [0.29, 0.717) is 38.5 Å². The summed E-state index contributed by atoms with van der Waals surface area (Å²) in [5.74, 6) is 6.46. The third-order valence-electron chi connectivity index (χ3n) is 9.90. The molecule has 0 amide bonds. The number of rotatable bonds is 10. The Morgan fingerprint density at radius 1 is 1.10 bits per heavy atom. The van der Waals surface area contributed by atoms with Crippen LogP contribution in [0, 0.1) is 17.3 Å². The molecule has 0 radical (unpaired) electrons. The van der Waals surface area contributed by atoms with E-state index in [1.807, 2.05) is 12.1 Å². The first-order chi connectivity index (χ1) is 22.9. The fourth-order valence-corrected chi connectivity index (χ4v) is 9.32. The molecule has 3 fully saturated rings. The van der Waals surface area contributed by atoms with Gasteiger partial charge in [0.25, 0.3) is 0 Å². The topological polar surface area (TPSA) is 83.1 Å². The summed E-state index contributed by atoms with van der Waals surface area (Å²) in [5, 5.41) is 17.3. The van der Waals surface area contributed by atoms with Crippen LogP contribution in [0.1, 0.15) is 49.0 Å². The van der Waals surface area contributed by atoms with Crippen molar-refractivity contribution in [1.82, 2.24) is 4.90 Å². The zero-order valence-corrected chi connectivity index (χ0v) is 29.3. The molecule has 0 unspecified atom stereocenters. The smallest absolute Gasteiger partial charge is 0.393 e. The van der Waals surface area contributed by atoms with Gasteiger partial charge in [0.1, 0.15) is 19.5 Å². The van der Waals surface area contributed by atoms with Crippen molar-refractivity contribution in [3.8, 4) is 17.6 Å². The van der Waals surface area contributed by atoms with E-state index in [2.05, 4.69) is 27.4 Å². The van der Waals surface area contributed by atoms with E-state index in [1.54, 1.807) is 37.6 Å². The lowest BCUT2D eigenvalue weighted by Gasteiger charge is -2.56. The molecule has 3 heterocycles. The van der Waals surface area contributed by atoms with Gasteiger partial charge < -0.3 is 29.8 Å². The molecule has 2 aliphatic heterocycles. The quantitative estimate of drug-likeness (QED) is 0.156. The molecule has 12 heteroatoms. The first-order valence-electron chi connectivity index (χ1n) is 16.8. The van der Waals surface area contributed by atoms with Crippen molar-refractivity contribution in [3.05, 3.63) is 46.8 Å². The van der Waals surface area contributed by atoms with Gasteiger partial charge in [0.15, 0.2) is 0 Å². The fraction of sp³-hybridized carbons (Fsp3) is 0.556. The lowest BCUT2D eigenvalue weighted by molar-refractivity contribution is -0.126. The summed E-state index contributed by atoms with van der Waals surface area (Å²) in [6.07, 6.45) is 1.24. The van der Waals surface area contributed by atoms with Gasteiger partial charge in [0, 0.05) is 49.1 Å². The highest BCUT2D eigenvalue weighted by Gasteiger charge is 2.46. The first-order valence-corrected chi connectivity index (χ1v) is 20.2. The number of aliphatic hydroxyl groups excluding tert-OH is 1. The van der Waals surface area contributed by atoms with E-state index in [0.717, 1.165) is 49.3 Å². The van der Waals surface area contributed by atoms with Crippen LogP contribution < -0.4 is 20.7 Å². The molecule has 2 saturated heterocycles. The number of halogens is 3. The standard InChI is InChI=1S/C36H45F3N3O4PS/c1-47(2,44)27-12-13-30(32(21-27)46-20-17-43)40-16-4-7-33-29(22-36(37,38)39)28-5-3-6-31(34(28)48-33)41-25-8-10-26(11-9-25)42-23-35(24-42)14-18-45-19-15-35/h3,5-6,12-13,21,25-26,40-41,43H,8-11,14-20,22-24H2,1-2H3. The lowest BCUT2D eigenvalue weighted by atomic mass is 9.71. The predicted molar refractivity (Wildman–Crippen MR) is 189 cm³/mol. The molecule has 3 N–H and O–H groups in total. The van der Waals surface area contributed by atoms with E-state index >= 15 is 0 Å². The Bertz CT molecular complexity index is 1690. The number of benzene rings is 2. The van der Waals surface area contributed by atoms with Crippen molar-refractivity contribution < 1.29 is 32.3 Å². The van der Waals surface area contributed by atoms with E-state index in [9.17, 15) is 22.8 Å². The summed E-state index contributed by atoms with van der Waals surface area (Å²) in [6.45, 7) is 7.51. The number of hydrogen-bond acceptors (Lipinski definition) is 8. The molecule has 2 aromatic carbocycles. The largest absolute Gasteiger partial charge is 0.489 e. The van der Waals surface area contributed by atoms with Gasteiger partial charge in [-0.3, -0.25) is 4.90 Å². The highest BCUT2D eigenvalue weighted by molar-refractivity contribution is 7.70. The van der Waals surface area contributed by atoms with Crippen LogP contribution in [0.25, 0.3) is 10.1 Å². The Hall–Kier alpha value is -2.74. The summed E-state index contributed by atoms with van der Waals surface area (Å²) in [6, 6.07) is 11.6. The van der Waals surface area contributed by atoms with Gasteiger partial charge in [0.05, 0.1) is 40.5 Å². The number of likely N-dealkylation sites (tertiary alicyclic amines) is 1. The van der Waals surface area contributed by atoms with Crippen molar-refractivity contribution in [1.29, 1.82) is 0 Å². The van der Waals surface area contributed by atoms with Gasteiger partial charge in [-0.15, -0.1) is 11.3 Å². The zero-order chi connectivity index (χ0) is 33.9. The summed E-state index contributed by atoms with van der Waals surface area (Å²) in [5.41, 5.74) is 2.14. The Balaban J connectivity index is 1.14. The van der Waals surface area contributed by atoms with Crippen LogP contribution in [0.5, 0.6) is 5.75 Å². The van der Waals surface area contributed by atoms with Crippen molar-refractivity contribution in [2.45, 2.75) is 63.2 Å². The highest BCUT2D eigenvalue weighted by atomic mass is 32.1. The molecule has 260 valence electrons. The highest BCUT2D eigenvalue weighted by Crippen LogP contribution is 2.44. The number of alkyl halides is 3. The molecule has 1 aromatic heterocycles. The van der Waals surface area contributed by atoms with Gasteiger partial charge >= 0.3 is 6.18 Å². The van der Waals surface area contributed by atoms with Gasteiger partial charge in [-0.1, -0.05) is 24.0 Å². The van der Waals surface area contributed by atoms with Gasteiger partial charge in [-0.2, -0.15) is 13.2 Å². The second-order valence-electron chi connectivity index (χ2n) is 13.8. The van der Waals surface area contributed by atoms with Gasteiger partial charge in [-0.25, -0.2) is 0 Å². The van der Waals surface area contributed by atoms with Crippen LogP contribution in [0.4, 0.5) is 24.5 Å². The summed E-state index contributed by atoms with van der Waals surface area (Å²) < 4.78 is 66.0. The maximum Gasteiger partial charge on any atom is 0.393 e. The van der Waals surface area contributed by atoms with Crippen molar-refractivity contribution >= 4 is 45.2 Å². The van der Waals surface area contributed by atoms with Crippen molar-refractivity contribution in [3.63, 3.8) is 0 Å². The number of nitrogens with one attached hydrogen (secondary N) is 2. The number of thiophene rings is 1. The maximum absolute atomic E-state index is 13.8. The van der Waals surface area contributed by atoms with Crippen molar-refractivity contribution in [2.24, 2.45) is 5.41 Å². The van der Waals surface area contributed by atoms with E-state index in [4.69, 9.17) is 9.47 Å². The monoisotopic (exact) mass is 703 g/mol. The van der Waals surface area contributed by atoms with Crippen LogP contribution in [0.15, 0.2) is 36.4 Å². The maximum atomic E-state index is 13.8. The molecule has 1 spiro atoms. The molecular weight excluding hydrogens is 658 g/mol. The second-order valence-corrected chi connectivity index (χ2v) is 18.0. The van der Waals surface area contributed by atoms with Gasteiger partial charge in [-0.05, 0) is 87.1 Å². The molecule has 0 bridgehead atoms. The third-order valence-corrected chi connectivity index (χ3v) is 12.6. The van der Waals surface area contributed by atoms with Crippen LogP contribution in [-0.4, -0.2) is 87.7 Å². The van der Waals surface area contributed by atoms with Crippen LogP contribution in [0.2, 0.25) is 0 Å². The number of nitrogens with zero attached hydrogens (tertiary/aromatic N) is 1. The molecule has 3 aromatic rings. The van der Waals surface area contributed by atoms with E-state index in [-0.39, 0.29) is 31.4 Å². The average Bonchev–Trinajstić information content (AvgIpc) is 3.38. The summed E-state index contributed by atoms with van der Waals surface area (Å²) in [4.78, 5) is 3.06. The second kappa shape index (κ2) is 14.6. The Morgan fingerprint density at radius 3 is 2.54 bits per heavy atom. The van der Waals surface area contributed by atoms with E-state index in [1.165, 1.54) is 37.3 Å². The molecule has 6 rings (SSSR count). The minimum absolute atomic E-state index is 0.0667. The molecule has 0 atom stereocenters. The van der Waals surface area contributed by atoms with Crippen LogP contribution in [0.3, 0.4) is 0 Å². The fourth-order valence-electron chi connectivity index (χ4n) is 7.29. The molecule has 7 nitrogen and oxygen atoms in total. The molecular formula is C36H45F3N3O4PS. The Labute approximate surface area is 284 Å². The molecule has 1 aliphatic carbocycles. The predicted octanol–water partition coefficient (Wildman–Crippen LogP) is 6.92. The summed E-state index contributed by atoms with van der Waals surface area (Å²) in [7, 11) is -2.53. The average molecular weight is 704 g/mol. The number of hydrogen-bond donors (Lipinski definition) is 3. The van der Waals surface area contributed by atoms with E-state index < -0.39 is 19.7 Å². The molecule has 1 saturated carbocycles. The zero-order valence-electron chi connectivity index (χ0n) is 27.6. The normalized spacial score (nSPS) is 21.4. The molecule has 3 aliphatic rings. The number of anilines is 2. The Kier molecular flexibility index (Phi) is 10.7. The number of aliphatic hydroxyl groups is 1. The first kappa shape index (κ1) is 35.1. The number of fused-ring (bicyclic) bond motifs is 1. The van der Waals surface area contributed by atoms with Crippen LogP contribution in [-0.2, 0) is 15.7 Å². The minimum atomic E-state index is -4.37. The molecule has 48 heavy (non-hydrogen) atoms. The third kappa shape index (κ3) is 8.34. The van der Waals surface area contributed by atoms with Gasteiger partial charge in [0.2, 0.25) is 0 Å².